The van der Waals surface area contributed by atoms with Crippen molar-refractivity contribution < 1.29 is 9.90 Å². The van der Waals surface area contributed by atoms with Crippen molar-refractivity contribution in [1.29, 1.82) is 0 Å². The molecule has 1 saturated heterocycles. The van der Waals surface area contributed by atoms with Crippen LogP contribution in [0.2, 0.25) is 0 Å². The number of hydrogen-bond donors (Lipinski definition) is 2. The highest BCUT2D eigenvalue weighted by atomic mass is 16.3. The van der Waals surface area contributed by atoms with Gasteiger partial charge >= 0.3 is 6.03 Å². The van der Waals surface area contributed by atoms with Gasteiger partial charge in [0.25, 0.3) is 0 Å². The van der Waals surface area contributed by atoms with E-state index in [1.807, 2.05) is 0 Å². The Kier molecular flexibility index (Phi) is 5.30. The van der Waals surface area contributed by atoms with Crippen LogP contribution in [0.3, 0.4) is 0 Å². The second-order valence-electron chi connectivity index (χ2n) is 7.61. The van der Waals surface area contributed by atoms with Crippen LogP contribution in [0.25, 0.3) is 0 Å². The molecule has 1 heterocycles. The van der Waals surface area contributed by atoms with Gasteiger partial charge in [-0.2, -0.15) is 0 Å². The molecule has 0 unspecified atom stereocenters. The van der Waals surface area contributed by atoms with Gasteiger partial charge in [-0.05, 0) is 55.5 Å². The van der Waals surface area contributed by atoms with E-state index >= 15 is 0 Å². The molecule has 1 aliphatic carbocycles. The van der Waals surface area contributed by atoms with Crippen LogP contribution in [0.4, 0.5) is 10.5 Å². The first-order valence-corrected chi connectivity index (χ1v) is 9.84. The van der Waals surface area contributed by atoms with Gasteiger partial charge in [-0.1, -0.05) is 30.3 Å². The second kappa shape index (κ2) is 8.01. The SMILES string of the molecule is O=C(Nc1ccc(O)cc1)N(C1CC1)C1CCN(Cc2ccccc2)CC1. The van der Waals surface area contributed by atoms with E-state index in [0.717, 1.165) is 51.0 Å². The third kappa shape index (κ3) is 4.61. The van der Waals surface area contributed by atoms with E-state index in [9.17, 15) is 9.90 Å². The maximum absolute atomic E-state index is 12.9. The number of phenols is 1. The van der Waals surface area contributed by atoms with E-state index in [0.29, 0.717) is 12.1 Å². The van der Waals surface area contributed by atoms with Gasteiger partial charge in [-0.15, -0.1) is 0 Å². The predicted octanol–water partition coefficient (Wildman–Crippen LogP) is 4.05. The van der Waals surface area contributed by atoms with E-state index in [1.54, 1.807) is 24.3 Å². The molecule has 5 nitrogen and oxygen atoms in total. The molecule has 5 heteroatoms. The first-order chi connectivity index (χ1) is 13.2. The molecule has 1 aliphatic heterocycles. The van der Waals surface area contributed by atoms with Crippen LogP contribution in [-0.4, -0.2) is 46.1 Å². The van der Waals surface area contributed by atoms with Crippen molar-refractivity contribution in [1.82, 2.24) is 9.80 Å². The number of aromatic hydroxyl groups is 1. The minimum Gasteiger partial charge on any atom is -0.508 e. The van der Waals surface area contributed by atoms with Crippen molar-refractivity contribution in [2.75, 3.05) is 18.4 Å². The predicted molar refractivity (Wildman–Crippen MR) is 107 cm³/mol. The number of phenolic OH excluding ortho intramolecular Hbond substituents is 1. The number of amides is 2. The lowest BCUT2D eigenvalue weighted by molar-refractivity contribution is 0.119. The van der Waals surface area contributed by atoms with Gasteiger partial charge in [0, 0.05) is 37.4 Å². The van der Waals surface area contributed by atoms with Crippen molar-refractivity contribution in [2.45, 2.75) is 44.3 Å². The highest BCUT2D eigenvalue weighted by Gasteiger charge is 2.38. The maximum Gasteiger partial charge on any atom is 0.322 e. The molecule has 1 saturated carbocycles. The average Bonchev–Trinajstić information content (AvgIpc) is 3.51. The molecular formula is C22H27N3O2. The number of nitrogens with zero attached hydrogens (tertiary/aromatic N) is 2. The summed E-state index contributed by atoms with van der Waals surface area (Å²) in [5.74, 6) is 0.206. The van der Waals surface area contributed by atoms with E-state index in [-0.39, 0.29) is 11.8 Å². The lowest BCUT2D eigenvalue weighted by Crippen LogP contribution is -2.49. The Labute approximate surface area is 160 Å². The van der Waals surface area contributed by atoms with Gasteiger partial charge in [0.2, 0.25) is 0 Å². The highest BCUT2D eigenvalue weighted by Crippen LogP contribution is 2.33. The van der Waals surface area contributed by atoms with E-state index < -0.39 is 0 Å². The zero-order chi connectivity index (χ0) is 18.6. The summed E-state index contributed by atoms with van der Waals surface area (Å²) in [4.78, 5) is 17.4. The Balaban J connectivity index is 1.34. The highest BCUT2D eigenvalue weighted by molar-refractivity contribution is 5.90. The smallest absolute Gasteiger partial charge is 0.322 e. The molecule has 0 bridgehead atoms. The largest absolute Gasteiger partial charge is 0.508 e. The van der Waals surface area contributed by atoms with E-state index in [4.69, 9.17) is 0 Å². The summed E-state index contributed by atoms with van der Waals surface area (Å²) in [5.41, 5.74) is 2.07. The molecule has 2 amide bonds. The Hall–Kier alpha value is -2.53. The van der Waals surface area contributed by atoms with E-state index in [1.165, 1.54) is 5.56 Å². The van der Waals surface area contributed by atoms with Gasteiger partial charge in [0.1, 0.15) is 5.75 Å². The molecule has 2 aliphatic rings. The summed E-state index contributed by atoms with van der Waals surface area (Å²) in [6, 6.07) is 17.9. The van der Waals surface area contributed by atoms with Crippen LogP contribution < -0.4 is 5.32 Å². The summed E-state index contributed by atoms with van der Waals surface area (Å²) in [6.45, 7) is 3.03. The van der Waals surface area contributed by atoms with Crippen molar-refractivity contribution in [3.63, 3.8) is 0 Å². The monoisotopic (exact) mass is 365 g/mol. The maximum atomic E-state index is 12.9. The molecule has 2 N–H and O–H groups in total. The fraction of sp³-hybridized carbons (Fsp3) is 0.409. The van der Waals surface area contributed by atoms with Crippen molar-refractivity contribution >= 4 is 11.7 Å². The Morgan fingerprint density at radius 3 is 2.22 bits per heavy atom. The first-order valence-electron chi connectivity index (χ1n) is 9.84. The number of benzene rings is 2. The normalized spacial score (nSPS) is 18.2. The number of likely N-dealkylation sites (tertiary alicyclic amines) is 1. The van der Waals surface area contributed by atoms with Crippen molar-refractivity contribution in [3.05, 3.63) is 60.2 Å². The third-order valence-electron chi connectivity index (χ3n) is 5.49. The standard InChI is InChI=1S/C22H27N3O2/c26-21-10-6-18(7-11-21)23-22(27)25(19-8-9-19)20-12-14-24(15-13-20)16-17-4-2-1-3-5-17/h1-7,10-11,19-20,26H,8-9,12-16H2,(H,23,27). The molecule has 142 valence electrons. The zero-order valence-electron chi connectivity index (χ0n) is 15.6. The van der Waals surface area contributed by atoms with Crippen molar-refractivity contribution in [3.8, 4) is 5.75 Å². The van der Waals surface area contributed by atoms with Crippen LogP contribution in [0.15, 0.2) is 54.6 Å². The van der Waals surface area contributed by atoms with Crippen LogP contribution in [0, 0.1) is 0 Å². The average molecular weight is 365 g/mol. The van der Waals surface area contributed by atoms with E-state index in [2.05, 4.69) is 45.4 Å². The summed E-state index contributed by atoms with van der Waals surface area (Å²) in [6.07, 6.45) is 4.25. The second-order valence-corrected chi connectivity index (χ2v) is 7.61. The molecule has 0 aromatic heterocycles. The lowest BCUT2D eigenvalue weighted by atomic mass is 10.0. The number of piperidine rings is 1. The molecule has 0 spiro atoms. The zero-order valence-corrected chi connectivity index (χ0v) is 15.6. The summed E-state index contributed by atoms with van der Waals surface area (Å²) in [5, 5.41) is 12.4. The first kappa shape index (κ1) is 17.9. The molecule has 2 aromatic carbocycles. The molecular weight excluding hydrogens is 338 g/mol. The number of carbonyl (C=O) groups excluding carboxylic acids is 1. The summed E-state index contributed by atoms with van der Waals surface area (Å²) < 4.78 is 0. The van der Waals surface area contributed by atoms with Gasteiger partial charge < -0.3 is 15.3 Å². The minimum absolute atomic E-state index is 0.00954. The fourth-order valence-corrected chi connectivity index (χ4v) is 3.91. The number of nitrogens with one attached hydrogen (secondary N) is 1. The van der Waals surface area contributed by atoms with Gasteiger partial charge in [-0.25, -0.2) is 4.79 Å². The van der Waals surface area contributed by atoms with Crippen LogP contribution in [0.1, 0.15) is 31.2 Å². The molecule has 27 heavy (non-hydrogen) atoms. The fourth-order valence-electron chi connectivity index (χ4n) is 3.91. The summed E-state index contributed by atoms with van der Waals surface area (Å²) in [7, 11) is 0. The molecule has 0 radical (unpaired) electrons. The summed E-state index contributed by atoms with van der Waals surface area (Å²) >= 11 is 0. The number of carbonyl (C=O) groups is 1. The molecule has 4 rings (SSSR count). The van der Waals surface area contributed by atoms with Gasteiger partial charge in [0.05, 0.1) is 0 Å². The Morgan fingerprint density at radius 2 is 1.59 bits per heavy atom. The van der Waals surface area contributed by atoms with Crippen molar-refractivity contribution in [2.24, 2.45) is 0 Å². The van der Waals surface area contributed by atoms with Crippen LogP contribution >= 0.6 is 0 Å². The quantitative estimate of drug-likeness (QED) is 0.786. The molecule has 0 atom stereocenters. The lowest BCUT2D eigenvalue weighted by Gasteiger charge is -2.38. The van der Waals surface area contributed by atoms with Crippen LogP contribution in [-0.2, 0) is 6.54 Å². The van der Waals surface area contributed by atoms with Gasteiger partial charge in [0.15, 0.2) is 0 Å². The Bertz CT molecular complexity index is 751. The minimum atomic E-state index is -0.00954. The number of rotatable bonds is 5. The van der Waals surface area contributed by atoms with Gasteiger partial charge in [-0.3, -0.25) is 4.90 Å². The molecule has 2 fully saturated rings. The number of anilines is 1. The topological polar surface area (TPSA) is 55.8 Å². The third-order valence-corrected chi connectivity index (χ3v) is 5.49. The number of hydrogen-bond acceptors (Lipinski definition) is 3. The van der Waals surface area contributed by atoms with Crippen LogP contribution in [0.5, 0.6) is 5.75 Å². The molecule has 2 aromatic rings. The number of urea groups is 1. The Morgan fingerprint density at radius 1 is 0.963 bits per heavy atom.